The monoisotopic (exact) mass is 366 g/mol. The fourth-order valence-corrected chi connectivity index (χ4v) is 2.99. The van der Waals surface area contributed by atoms with Gasteiger partial charge in [0, 0.05) is 38.5 Å². The number of hydrogen-bond donors (Lipinski definition) is 0. The zero-order valence-electron chi connectivity index (χ0n) is 14.9. The molecule has 0 N–H and O–H groups in total. The second kappa shape index (κ2) is 10.3. The van der Waals surface area contributed by atoms with Crippen molar-refractivity contribution in [3.05, 3.63) is 29.8 Å². The van der Waals surface area contributed by atoms with Gasteiger partial charge in [0.25, 0.3) is 5.91 Å². The summed E-state index contributed by atoms with van der Waals surface area (Å²) < 4.78 is 5.60. The molecule has 5 nitrogen and oxygen atoms in total. The lowest BCUT2D eigenvalue weighted by atomic mass is 10.1. The van der Waals surface area contributed by atoms with Crippen LogP contribution in [0.3, 0.4) is 0 Å². The van der Waals surface area contributed by atoms with Crippen molar-refractivity contribution >= 4 is 23.4 Å². The molecule has 1 aromatic rings. The number of rotatable bonds is 8. The van der Waals surface area contributed by atoms with Crippen molar-refractivity contribution in [2.24, 2.45) is 0 Å². The number of benzene rings is 1. The highest BCUT2D eigenvalue weighted by molar-refractivity contribution is 6.17. The number of amides is 2. The summed E-state index contributed by atoms with van der Waals surface area (Å²) in [7, 11) is 0. The lowest BCUT2D eigenvalue weighted by Crippen LogP contribution is -2.51. The average molecular weight is 367 g/mol. The van der Waals surface area contributed by atoms with E-state index in [4.69, 9.17) is 16.3 Å². The third kappa shape index (κ3) is 6.24. The zero-order valence-corrected chi connectivity index (χ0v) is 15.6. The van der Waals surface area contributed by atoms with E-state index in [2.05, 4.69) is 6.92 Å². The molecule has 0 unspecified atom stereocenters. The van der Waals surface area contributed by atoms with Gasteiger partial charge in [-0.05, 0) is 30.5 Å². The van der Waals surface area contributed by atoms with E-state index in [1.165, 1.54) is 5.56 Å². The molecule has 0 atom stereocenters. The second-order valence-electron chi connectivity index (χ2n) is 6.24. The molecule has 2 amide bonds. The molecule has 0 saturated carbocycles. The molecule has 1 heterocycles. The minimum Gasteiger partial charge on any atom is -0.484 e. The van der Waals surface area contributed by atoms with Gasteiger partial charge in [-0.1, -0.05) is 25.5 Å². The SMILES string of the molecule is CCCc1ccc(OCC(=O)N2CCN(C(=O)CCCCl)CC2)cc1. The van der Waals surface area contributed by atoms with Crippen LogP contribution in [0, 0.1) is 0 Å². The normalized spacial score (nSPS) is 14.5. The van der Waals surface area contributed by atoms with Crippen molar-refractivity contribution in [3.63, 3.8) is 0 Å². The van der Waals surface area contributed by atoms with Crippen LogP contribution in [0.5, 0.6) is 5.75 Å². The number of alkyl halides is 1. The lowest BCUT2D eigenvalue weighted by Gasteiger charge is -2.34. The Hall–Kier alpha value is -1.75. The van der Waals surface area contributed by atoms with Crippen molar-refractivity contribution in [1.29, 1.82) is 0 Å². The van der Waals surface area contributed by atoms with Crippen LogP contribution < -0.4 is 4.74 Å². The Morgan fingerprint density at radius 3 is 2.20 bits per heavy atom. The van der Waals surface area contributed by atoms with Crippen molar-refractivity contribution in [1.82, 2.24) is 9.80 Å². The Morgan fingerprint density at radius 1 is 1.04 bits per heavy atom. The van der Waals surface area contributed by atoms with Gasteiger partial charge in [0.15, 0.2) is 6.61 Å². The third-order valence-corrected chi connectivity index (χ3v) is 4.60. The van der Waals surface area contributed by atoms with Crippen molar-refractivity contribution < 1.29 is 14.3 Å². The maximum atomic E-state index is 12.3. The molecule has 0 aliphatic carbocycles. The smallest absolute Gasteiger partial charge is 0.260 e. The van der Waals surface area contributed by atoms with Gasteiger partial charge in [0.2, 0.25) is 5.91 Å². The first-order valence-electron chi connectivity index (χ1n) is 8.97. The van der Waals surface area contributed by atoms with E-state index in [9.17, 15) is 9.59 Å². The lowest BCUT2D eigenvalue weighted by molar-refractivity contribution is -0.140. The van der Waals surface area contributed by atoms with Crippen LogP contribution in [0.25, 0.3) is 0 Å². The largest absolute Gasteiger partial charge is 0.484 e. The molecular formula is C19H27ClN2O3. The van der Waals surface area contributed by atoms with E-state index in [0.717, 1.165) is 12.8 Å². The third-order valence-electron chi connectivity index (χ3n) is 4.33. The molecule has 1 saturated heterocycles. The standard InChI is InChI=1S/C19H27ClN2O3/c1-2-4-16-6-8-17(9-7-16)25-15-19(24)22-13-11-21(12-14-22)18(23)5-3-10-20/h6-9H,2-5,10-15H2,1H3. The molecule has 6 heteroatoms. The van der Waals surface area contributed by atoms with Gasteiger partial charge in [0.05, 0.1) is 0 Å². The summed E-state index contributed by atoms with van der Waals surface area (Å²) in [5.41, 5.74) is 1.27. The maximum absolute atomic E-state index is 12.3. The topological polar surface area (TPSA) is 49.9 Å². The number of hydrogen-bond acceptors (Lipinski definition) is 3. The predicted octanol–water partition coefficient (Wildman–Crippen LogP) is 2.71. The summed E-state index contributed by atoms with van der Waals surface area (Å²) in [6.45, 7) is 4.47. The van der Waals surface area contributed by atoms with Gasteiger partial charge in [-0.25, -0.2) is 0 Å². The fourth-order valence-electron chi connectivity index (χ4n) is 2.86. The number of aryl methyl sites for hydroxylation is 1. The molecule has 0 spiro atoms. The number of ether oxygens (including phenoxy) is 1. The second-order valence-corrected chi connectivity index (χ2v) is 6.61. The minimum absolute atomic E-state index is 0.0350. The van der Waals surface area contributed by atoms with Crippen molar-refractivity contribution in [2.45, 2.75) is 32.6 Å². The average Bonchev–Trinajstić information content (AvgIpc) is 2.65. The van der Waals surface area contributed by atoms with Gasteiger partial charge in [0.1, 0.15) is 5.75 Å². The van der Waals surface area contributed by atoms with Crippen LogP contribution in [-0.4, -0.2) is 60.3 Å². The van der Waals surface area contributed by atoms with Crippen LogP contribution in [0.1, 0.15) is 31.7 Å². The van der Waals surface area contributed by atoms with Crippen molar-refractivity contribution in [3.8, 4) is 5.75 Å². The summed E-state index contributed by atoms with van der Waals surface area (Å²) >= 11 is 5.62. The minimum atomic E-state index is -0.0366. The molecular weight excluding hydrogens is 340 g/mol. The Morgan fingerprint density at radius 2 is 1.64 bits per heavy atom. The highest BCUT2D eigenvalue weighted by Crippen LogP contribution is 2.14. The van der Waals surface area contributed by atoms with Gasteiger partial charge < -0.3 is 14.5 Å². The highest BCUT2D eigenvalue weighted by atomic mass is 35.5. The first-order valence-corrected chi connectivity index (χ1v) is 9.50. The summed E-state index contributed by atoms with van der Waals surface area (Å²) in [5, 5.41) is 0. The van der Waals surface area contributed by atoms with E-state index < -0.39 is 0 Å². The zero-order chi connectivity index (χ0) is 18.1. The molecule has 1 fully saturated rings. The van der Waals surface area contributed by atoms with Crippen LogP contribution in [0.15, 0.2) is 24.3 Å². The molecule has 25 heavy (non-hydrogen) atoms. The highest BCUT2D eigenvalue weighted by Gasteiger charge is 2.23. The summed E-state index contributed by atoms with van der Waals surface area (Å²) in [4.78, 5) is 27.8. The first-order chi connectivity index (χ1) is 12.1. The van der Waals surface area contributed by atoms with E-state index in [1.54, 1.807) is 4.90 Å². The quantitative estimate of drug-likeness (QED) is 0.665. The number of carbonyl (C=O) groups is 2. The molecule has 0 radical (unpaired) electrons. The number of carbonyl (C=O) groups excluding carboxylic acids is 2. The summed E-state index contributed by atoms with van der Waals surface area (Å²) in [5.74, 6) is 1.30. The first kappa shape index (κ1) is 19.6. The van der Waals surface area contributed by atoms with Gasteiger partial charge in [-0.2, -0.15) is 0 Å². The van der Waals surface area contributed by atoms with E-state index >= 15 is 0 Å². The Kier molecular flexibility index (Phi) is 8.06. The predicted molar refractivity (Wildman–Crippen MR) is 99.0 cm³/mol. The summed E-state index contributed by atoms with van der Waals surface area (Å²) in [6.07, 6.45) is 3.34. The Bertz CT molecular complexity index is 554. The van der Waals surface area contributed by atoms with E-state index in [-0.39, 0.29) is 18.4 Å². The van der Waals surface area contributed by atoms with Crippen LogP contribution in [0.2, 0.25) is 0 Å². The number of halogens is 1. The van der Waals surface area contributed by atoms with Crippen LogP contribution in [0.4, 0.5) is 0 Å². The maximum Gasteiger partial charge on any atom is 0.260 e. The summed E-state index contributed by atoms with van der Waals surface area (Å²) in [6, 6.07) is 7.89. The van der Waals surface area contributed by atoms with E-state index in [1.807, 2.05) is 29.2 Å². The molecule has 0 aromatic heterocycles. The van der Waals surface area contributed by atoms with E-state index in [0.29, 0.717) is 50.7 Å². The molecule has 138 valence electrons. The van der Waals surface area contributed by atoms with Gasteiger partial charge >= 0.3 is 0 Å². The fraction of sp³-hybridized carbons (Fsp3) is 0.579. The molecule has 1 aliphatic heterocycles. The van der Waals surface area contributed by atoms with Crippen molar-refractivity contribution in [2.75, 3.05) is 38.7 Å². The number of nitrogens with zero attached hydrogens (tertiary/aromatic N) is 2. The van der Waals surface area contributed by atoms with Crippen LogP contribution in [-0.2, 0) is 16.0 Å². The molecule has 2 rings (SSSR count). The molecule has 1 aliphatic rings. The number of piperazine rings is 1. The van der Waals surface area contributed by atoms with Gasteiger partial charge in [-0.15, -0.1) is 11.6 Å². The molecule has 1 aromatic carbocycles. The van der Waals surface area contributed by atoms with Gasteiger partial charge in [-0.3, -0.25) is 9.59 Å². The van der Waals surface area contributed by atoms with Crippen LogP contribution >= 0.6 is 11.6 Å². The molecule has 0 bridgehead atoms. The Balaban J connectivity index is 1.72. The Labute approximate surface area is 154 Å².